The van der Waals surface area contributed by atoms with Gasteiger partial charge >= 0.3 is 0 Å². The molecule has 1 heterocycles. The van der Waals surface area contributed by atoms with Crippen molar-refractivity contribution in [3.8, 4) is 0 Å². The molecule has 16 heavy (non-hydrogen) atoms. The summed E-state index contributed by atoms with van der Waals surface area (Å²) >= 11 is 0. The standard InChI is InChI=1S/C14H30N2/c1-12(2)7-6-9-16-10-8-15-11-13(16)14(3,4)5/h12-13,15H,6-11H2,1-5H3. The molecule has 2 nitrogen and oxygen atoms in total. The number of hydrogen-bond acceptors (Lipinski definition) is 2. The average molecular weight is 226 g/mol. The van der Waals surface area contributed by atoms with Gasteiger partial charge in [-0.1, -0.05) is 34.6 Å². The SMILES string of the molecule is CC(C)CCCN1CCNCC1C(C)(C)C. The lowest BCUT2D eigenvalue weighted by molar-refractivity contribution is 0.0732. The summed E-state index contributed by atoms with van der Waals surface area (Å²) in [6.45, 7) is 16.5. The zero-order chi connectivity index (χ0) is 12.2. The van der Waals surface area contributed by atoms with E-state index >= 15 is 0 Å². The largest absolute Gasteiger partial charge is 0.314 e. The van der Waals surface area contributed by atoms with Crippen LogP contribution in [0.15, 0.2) is 0 Å². The van der Waals surface area contributed by atoms with Gasteiger partial charge in [-0.2, -0.15) is 0 Å². The molecule has 96 valence electrons. The van der Waals surface area contributed by atoms with Gasteiger partial charge in [0.05, 0.1) is 0 Å². The van der Waals surface area contributed by atoms with E-state index in [0.717, 1.165) is 19.0 Å². The monoisotopic (exact) mass is 226 g/mol. The molecule has 1 aliphatic heterocycles. The Kier molecular flexibility index (Phi) is 5.26. The highest BCUT2D eigenvalue weighted by molar-refractivity contribution is 4.88. The van der Waals surface area contributed by atoms with Crippen LogP contribution in [0.4, 0.5) is 0 Å². The summed E-state index contributed by atoms with van der Waals surface area (Å²) in [6.07, 6.45) is 2.71. The van der Waals surface area contributed by atoms with Gasteiger partial charge in [0.15, 0.2) is 0 Å². The molecule has 0 radical (unpaired) electrons. The van der Waals surface area contributed by atoms with E-state index in [2.05, 4.69) is 44.8 Å². The summed E-state index contributed by atoms with van der Waals surface area (Å²) in [7, 11) is 0. The van der Waals surface area contributed by atoms with Crippen LogP contribution in [0, 0.1) is 11.3 Å². The third kappa shape index (κ3) is 4.42. The second-order valence-electron chi connectivity index (χ2n) is 6.66. The molecule has 1 rings (SSSR count). The summed E-state index contributed by atoms with van der Waals surface area (Å²) in [5, 5.41) is 3.53. The van der Waals surface area contributed by atoms with Crippen molar-refractivity contribution in [2.75, 3.05) is 26.2 Å². The van der Waals surface area contributed by atoms with E-state index in [1.807, 2.05) is 0 Å². The number of nitrogens with one attached hydrogen (secondary N) is 1. The molecule has 1 N–H and O–H groups in total. The van der Waals surface area contributed by atoms with E-state index < -0.39 is 0 Å². The number of piperazine rings is 1. The smallest absolute Gasteiger partial charge is 0.0269 e. The Bertz CT molecular complexity index is 193. The molecule has 0 spiro atoms. The molecule has 1 atom stereocenters. The normalized spacial score (nSPS) is 24.0. The predicted molar refractivity (Wildman–Crippen MR) is 71.8 cm³/mol. The topological polar surface area (TPSA) is 15.3 Å². The highest BCUT2D eigenvalue weighted by Crippen LogP contribution is 2.25. The van der Waals surface area contributed by atoms with Crippen molar-refractivity contribution in [3.63, 3.8) is 0 Å². The van der Waals surface area contributed by atoms with Crippen LogP contribution in [0.2, 0.25) is 0 Å². The average Bonchev–Trinajstić information content (AvgIpc) is 2.16. The predicted octanol–water partition coefficient (Wildman–Crippen LogP) is 2.74. The van der Waals surface area contributed by atoms with E-state index in [1.54, 1.807) is 0 Å². The van der Waals surface area contributed by atoms with Crippen molar-refractivity contribution in [2.24, 2.45) is 11.3 Å². The van der Waals surface area contributed by atoms with Gasteiger partial charge in [0, 0.05) is 25.7 Å². The Morgan fingerprint density at radius 2 is 2.00 bits per heavy atom. The summed E-state index contributed by atoms with van der Waals surface area (Å²) in [4.78, 5) is 2.69. The number of rotatable bonds is 4. The molecule has 1 unspecified atom stereocenters. The Morgan fingerprint density at radius 1 is 1.31 bits per heavy atom. The highest BCUT2D eigenvalue weighted by Gasteiger charge is 2.31. The van der Waals surface area contributed by atoms with Gasteiger partial charge < -0.3 is 5.32 Å². The summed E-state index contributed by atoms with van der Waals surface area (Å²) in [5.74, 6) is 0.844. The van der Waals surface area contributed by atoms with Crippen molar-refractivity contribution >= 4 is 0 Å². The second-order valence-corrected chi connectivity index (χ2v) is 6.66. The summed E-state index contributed by atoms with van der Waals surface area (Å²) in [5.41, 5.74) is 0.394. The lowest BCUT2D eigenvalue weighted by Crippen LogP contribution is -2.56. The maximum Gasteiger partial charge on any atom is 0.0269 e. The van der Waals surface area contributed by atoms with Gasteiger partial charge in [-0.05, 0) is 30.7 Å². The lowest BCUT2D eigenvalue weighted by atomic mass is 9.84. The Hall–Kier alpha value is -0.0800. The fourth-order valence-corrected chi connectivity index (χ4v) is 2.57. The van der Waals surface area contributed by atoms with Crippen molar-refractivity contribution in [1.29, 1.82) is 0 Å². The molecule has 0 aromatic rings. The van der Waals surface area contributed by atoms with Crippen LogP contribution in [0.5, 0.6) is 0 Å². The second kappa shape index (κ2) is 6.02. The zero-order valence-electron chi connectivity index (χ0n) is 11.8. The van der Waals surface area contributed by atoms with E-state index in [1.165, 1.54) is 25.9 Å². The van der Waals surface area contributed by atoms with Gasteiger partial charge in [-0.3, -0.25) is 4.90 Å². The molecule has 0 aromatic carbocycles. The Morgan fingerprint density at radius 3 is 2.56 bits per heavy atom. The molecule has 0 aromatic heterocycles. The molecule has 1 saturated heterocycles. The van der Waals surface area contributed by atoms with Crippen molar-refractivity contribution < 1.29 is 0 Å². The maximum atomic E-state index is 3.53. The first kappa shape index (κ1) is 14.0. The number of nitrogens with zero attached hydrogens (tertiary/aromatic N) is 1. The first-order chi connectivity index (χ1) is 7.41. The zero-order valence-corrected chi connectivity index (χ0v) is 11.8. The third-order valence-corrected chi connectivity index (χ3v) is 3.58. The first-order valence-electron chi connectivity index (χ1n) is 6.86. The van der Waals surface area contributed by atoms with Crippen LogP contribution >= 0.6 is 0 Å². The minimum atomic E-state index is 0.394. The fraction of sp³-hybridized carbons (Fsp3) is 1.00. The Balaban J connectivity index is 2.41. The van der Waals surface area contributed by atoms with Crippen LogP contribution in [-0.4, -0.2) is 37.1 Å². The summed E-state index contributed by atoms with van der Waals surface area (Å²) in [6, 6.07) is 0.702. The highest BCUT2D eigenvalue weighted by atomic mass is 15.2. The van der Waals surface area contributed by atoms with Crippen molar-refractivity contribution in [1.82, 2.24) is 10.2 Å². The summed E-state index contributed by atoms with van der Waals surface area (Å²) < 4.78 is 0. The van der Waals surface area contributed by atoms with Gasteiger partial charge in [-0.25, -0.2) is 0 Å². The Labute approximate surface area is 102 Å². The van der Waals surface area contributed by atoms with Crippen LogP contribution in [0.25, 0.3) is 0 Å². The van der Waals surface area contributed by atoms with Crippen LogP contribution < -0.4 is 5.32 Å². The number of hydrogen-bond donors (Lipinski definition) is 1. The molecular weight excluding hydrogens is 196 g/mol. The van der Waals surface area contributed by atoms with Crippen LogP contribution in [0.1, 0.15) is 47.5 Å². The van der Waals surface area contributed by atoms with Crippen molar-refractivity contribution in [2.45, 2.75) is 53.5 Å². The molecule has 2 heteroatoms. The minimum absolute atomic E-state index is 0.394. The van der Waals surface area contributed by atoms with E-state index in [-0.39, 0.29) is 0 Å². The maximum absolute atomic E-state index is 3.53. The van der Waals surface area contributed by atoms with Crippen LogP contribution in [0.3, 0.4) is 0 Å². The van der Waals surface area contributed by atoms with Gasteiger partial charge in [0.1, 0.15) is 0 Å². The van der Waals surface area contributed by atoms with Gasteiger partial charge in [0.25, 0.3) is 0 Å². The molecule has 0 aliphatic carbocycles. The van der Waals surface area contributed by atoms with Crippen LogP contribution in [-0.2, 0) is 0 Å². The van der Waals surface area contributed by atoms with Gasteiger partial charge in [-0.15, -0.1) is 0 Å². The van der Waals surface area contributed by atoms with Gasteiger partial charge in [0.2, 0.25) is 0 Å². The molecule has 1 fully saturated rings. The lowest BCUT2D eigenvalue weighted by Gasteiger charge is -2.43. The molecule has 1 aliphatic rings. The van der Waals surface area contributed by atoms with E-state index in [4.69, 9.17) is 0 Å². The molecule has 0 amide bonds. The van der Waals surface area contributed by atoms with Crippen molar-refractivity contribution in [3.05, 3.63) is 0 Å². The minimum Gasteiger partial charge on any atom is -0.314 e. The third-order valence-electron chi connectivity index (χ3n) is 3.58. The van der Waals surface area contributed by atoms with E-state index in [0.29, 0.717) is 11.5 Å². The molecule has 0 bridgehead atoms. The fourth-order valence-electron chi connectivity index (χ4n) is 2.57. The molecule has 0 saturated carbocycles. The molecular formula is C14H30N2. The first-order valence-corrected chi connectivity index (χ1v) is 6.86. The quantitative estimate of drug-likeness (QED) is 0.793. The van der Waals surface area contributed by atoms with E-state index in [9.17, 15) is 0 Å².